The number of nitrogens with zero attached hydrogens (tertiary/aromatic N) is 1. The number of hydrogen-bond donors (Lipinski definition) is 2. The van der Waals surface area contributed by atoms with Crippen LogP contribution in [0.5, 0.6) is 5.75 Å². The van der Waals surface area contributed by atoms with E-state index < -0.39 is 23.5 Å². The minimum atomic E-state index is -0.868. The smallest absolute Gasteiger partial charge is 0.294 e. The number of benzene rings is 3. The van der Waals surface area contributed by atoms with E-state index in [1.165, 1.54) is 4.90 Å². The third-order valence-electron chi connectivity index (χ3n) is 6.44. The Labute approximate surface area is 206 Å². The number of para-hydroxylation sites is 2. The minimum Gasteiger partial charge on any atom is -0.503 e. The summed E-state index contributed by atoms with van der Waals surface area (Å²) >= 11 is 0. The fourth-order valence-electron chi connectivity index (χ4n) is 4.81. The van der Waals surface area contributed by atoms with Gasteiger partial charge in [0.1, 0.15) is 11.3 Å². The Morgan fingerprint density at radius 2 is 1.81 bits per heavy atom. The number of carbonyl (C=O) groups excluding carboxylic acids is 2. The molecule has 1 aliphatic heterocycles. The highest BCUT2D eigenvalue weighted by atomic mass is 16.5. The summed E-state index contributed by atoms with van der Waals surface area (Å²) in [6, 6.07) is 22.7. The second kappa shape index (κ2) is 8.46. The summed E-state index contributed by atoms with van der Waals surface area (Å²) in [6.45, 7) is 2.40. The third-order valence-corrected chi connectivity index (χ3v) is 6.44. The number of hydrogen-bond acceptors (Lipinski definition) is 5. The van der Waals surface area contributed by atoms with Crippen LogP contribution in [0.25, 0.3) is 21.9 Å². The van der Waals surface area contributed by atoms with E-state index in [2.05, 4.69) is 4.98 Å². The number of aromatic amines is 1. The SMILES string of the molecule is CCOc1ccc(N2C(=O)C(O)=C(C(=O)c3cc4ccccc4o3)C2c2c[nH]c3ccccc23)cc1. The van der Waals surface area contributed by atoms with Gasteiger partial charge in [0.15, 0.2) is 11.5 Å². The van der Waals surface area contributed by atoms with Crippen molar-refractivity contribution in [2.75, 3.05) is 11.5 Å². The van der Waals surface area contributed by atoms with E-state index in [1.807, 2.05) is 49.4 Å². The summed E-state index contributed by atoms with van der Waals surface area (Å²) in [7, 11) is 0. The molecule has 6 rings (SSSR count). The second-order valence-electron chi connectivity index (χ2n) is 8.53. The van der Waals surface area contributed by atoms with Crippen molar-refractivity contribution in [1.29, 1.82) is 0 Å². The maximum absolute atomic E-state index is 13.8. The van der Waals surface area contributed by atoms with Gasteiger partial charge in [-0.1, -0.05) is 36.4 Å². The van der Waals surface area contributed by atoms with Crippen LogP contribution in [0, 0.1) is 0 Å². The number of ether oxygens (including phenoxy) is 1. The summed E-state index contributed by atoms with van der Waals surface area (Å²) in [4.78, 5) is 31.9. The molecule has 0 fully saturated rings. The van der Waals surface area contributed by atoms with Crippen LogP contribution < -0.4 is 9.64 Å². The molecule has 3 aromatic carbocycles. The molecule has 0 radical (unpaired) electrons. The molecule has 3 heterocycles. The molecule has 2 N–H and O–H groups in total. The van der Waals surface area contributed by atoms with Gasteiger partial charge in [0.2, 0.25) is 5.78 Å². The number of H-pyrrole nitrogens is 1. The number of anilines is 1. The Kier molecular flexibility index (Phi) is 5.11. The highest BCUT2D eigenvalue weighted by Crippen LogP contribution is 2.44. The molecule has 5 aromatic rings. The van der Waals surface area contributed by atoms with Gasteiger partial charge in [0.25, 0.3) is 5.91 Å². The van der Waals surface area contributed by atoms with Gasteiger partial charge in [-0.25, -0.2) is 0 Å². The van der Waals surface area contributed by atoms with Crippen molar-refractivity contribution in [2.45, 2.75) is 13.0 Å². The zero-order valence-electron chi connectivity index (χ0n) is 19.4. The number of furan rings is 1. The molecular weight excluding hydrogens is 456 g/mol. The zero-order chi connectivity index (χ0) is 24.8. The fraction of sp³-hybridized carbons (Fsp3) is 0.103. The van der Waals surface area contributed by atoms with E-state index in [1.54, 1.807) is 42.6 Å². The van der Waals surface area contributed by atoms with Crippen LogP contribution in [0.1, 0.15) is 29.1 Å². The van der Waals surface area contributed by atoms with E-state index in [0.29, 0.717) is 29.2 Å². The van der Waals surface area contributed by atoms with Gasteiger partial charge in [-0.05, 0) is 49.4 Å². The van der Waals surface area contributed by atoms with Crippen molar-refractivity contribution in [2.24, 2.45) is 0 Å². The predicted molar refractivity (Wildman–Crippen MR) is 136 cm³/mol. The van der Waals surface area contributed by atoms with Crippen molar-refractivity contribution < 1.29 is 23.8 Å². The highest BCUT2D eigenvalue weighted by molar-refractivity contribution is 6.21. The summed E-state index contributed by atoms with van der Waals surface area (Å²) < 4.78 is 11.4. The summed E-state index contributed by atoms with van der Waals surface area (Å²) in [5.74, 6) is -1.07. The number of aliphatic hydroxyl groups excluding tert-OH is 1. The first-order valence-corrected chi connectivity index (χ1v) is 11.7. The Morgan fingerprint density at radius 3 is 2.58 bits per heavy atom. The Morgan fingerprint density at radius 1 is 1.06 bits per heavy atom. The molecule has 1 unspecified atom stereocenters. The van der Waals surface area contributed by atoms with E-state index in [4.69, 9.17) is 9.15 Å². The Balaban J connectivity index is 1.51. The number of aliphatic hydroxyl groups is 1. The average molecular weight is 479 g/mol. The van der Waals surface area contributed by atoms with Crippen molar-refractivity contribution in [3.8, 4) is 5.75 Å². The van der Waals surface area contributed by atoms with Crippen LogP contribution in [0.4, 0.5) is 5.69 Å². The first-order chi connectivity index (χ1) is 17.6. The standard InChI is InChI=1S/C29H22N2O5/c1-2-35-19-13-11-18(12-14-19)31-26(21-16-30-22-9-5-4-8-20(21)22)25(28(33)29(31)34)27(32)24-15-17-7-3-6-10-23(17)36-24/h3-16,26,30,33H,2H2,1H3. The third kappa shape index (κ3) is 3.36. The van der Waals surface area contributed by atoms with Crippen molar-refractivity contribution >= 4 is 39.2 Å². The number of amides is 1. The molecular formula is C29H22N2O5. The molecule has 0 saturated carbocycles. The van der Waals surface area contributed by atoms with Crippen molar-refractivity contribution in [3.63, 3.8) is 0 Å². The lowest BCUT2D eigenvalue weighted by atomic mass is 9.94. The van der Waals surface area contributed by atoms with E-state index in [9.17, 15) is 14.7 Å². The molecule has 1 atom stereocenters. The predicted octanol–water partition coefficient (Wildman–Crippen LogP) is 6.10. The number of carbonyl (C=O) groups is 2. The summed E-state index contributed by atoms with van der Waals surface area (Å²) in [5.41, 5.74) is 2.59. The van der Waals surface area contributed by atoms with Crippen LogP contribution in [0.2, 0.25) is 0 Å². The van der Waals surface area contributed by atoms with Gasteiger partial charge in [-0.3, -0.25) is 14.5 Å². The van der Waals surface area contributed by atoms with Gasteiger partial charge in [0, 0.05) is 33.7 Å². The van der Waals surface area contributed by atoms with Gasteiger partial charge >= 0.3 is 0 Å². The molecule has 0 aliphatic carbocycles. The minimum absolute atomic E-state index is 0.0299. The highest BCUT2D eigenvalue weighted by Gasteiger charge is 2.46. The maximum atomic E-state index is 13.8. The summed E-state index contributed by atoms with van der Waals surface area (Å²) in [5, 5.41) is 12.7. The molecule has 1 amide bonds. The number of fused-ring (bicyclic) bond motifs is 2. The Bertz CT molecular complexity index is 1630. The van der Waals surface area contributed by atoms with E-state index in [0.717, 1.165) is 16.3 Å². The number of ketones is 1. The fourth-order valence-corrected chi connectivity index (χ4v) is 4.81. The van der Waals surface area contributed by atoms with Crippen LogP contribution in [0.3, 0.4) is 0 Å². The molecule has 0 bridgehead atoms. The largest absolute Gasteiger partial charge is 0.503 e. The van der Waals surface area contributed by atoms with Crippen LogP contribution in [-0.4, -0.2) is 28.4 Å². The number of nitrogens with one attached hydrogen (secondary N) is 1. The summed E-state index contributed by atoms with van der Waals surface area (Å²) in [6.07, 6.45) is 1.77. The zero-order valence-corrected chi connectivity index (χ0v) is 19.4. The van der Waals surface area contributed by atoms with Crippen LogP contribution in [0.15, 0.2) is 101 Å². The molecule has 0 saturated heterocycles. The van der Waals surface area contributed by atoms with Crippen molar-refractivity contribution in [1.82, 2.24) is 4.98 Å². The number of rotatable bonds is 6. The van der Waals surface area contributed by atoms with Gasteiger partial charge in [-0.2, -0.15) is 0 Å². The lowest BCUT2D eigenvalue weighted by Crippen LogP contribution is -2.30. The normalized spacial score (nSPS) is 15.9. The molecule has 0 spiro atoms. The van der Waals surface area contributed by atoms with Crippen LogP contribution in [-0.2, 0) is 4.79 Å². The molecule has 7 nitrogen and oxygen atoms in total. The number of aromatic nitrogens is 1. The monoisotopic (exact) mass is 478 g/mol. The first kappa shape index (κ1) is 21.7. The van der Waals surface area contributed by atoms with Gasteiger partial charge < -0.3 is 19.2 Å². The average Bonchev–Trinajstić information content (AvgIpc) is 3.59. The molecule has 7 heteroatoms. The Hall–Kier alpha value is -4.78. The topological polar surface area (TPSA) is 95.8 Å². The lowest BCUT2D eigenvalue weighted by molar-refractivity contribution is -0.117. The van der Waals surface area contributed by atoms with E-state index >= 15 is 0 Å². The van der Waals surface area contributed by atoms with Gasteiger partial charge in [0.05, 0.1) is 18.2 Å². The molecule has 178 valence electrons. The molecule has 1 aliphatic rings. The van der Waals surface area contributed by atoms with Gasteiger partial charge in [-0.15, -0.1) is 0 Å². The maximum Gasteiger partial charge on any atom is 0.294 e. The molecule has 2 aromatic heterocycles. The number of Topliss-reactive ketones (excluding diaryl/α,β-unsaturated/α-hetero) is 1. The van der Waals surface area contributed by atoms with Crippen molar-refractivity contribution in [3.05, 3.63) is 108 Å². The quantitative estimate of drug-likeness (QED) is 0.288. The lowest BCUT2D eigenvalue weighted by Gasteiger charge is -2.26. The first-order valence-electron chi connectivity index (χ1n) is 11.7. The second-order valence-corrected chi connectivity index (χ2v) is 8.53. The van der Waals surface area contributed by atoms with E-state index in [-0.39, 0.29) is 11.3 Å². The molecule has 36 heavy (non-hydrogen) atoms. The van der Waals surface area contributed by atoms with Crippen LogP contribution >= 0.6 is 0 Å².